The summed E-state index contributed by atoms with van der Waals surface area (Å²) in [4.78, 5) is 24.8. The molecule has 0 atom stereocenters. The van der Waals surface area contributed by atoms with E-state index in [9.17, 15) is 9.59 Å². The van der Waals surface area contributed by atoms with E-state index in [0.717, 1.165) is 22.2 Å². The molecule has 36 heavy (non-hydrogen) atoms. The number of ether oxygens (including phenoxy) is 3. The van der Waals surface area contributed by atoms with Gasteiger partial charge in [-0.15, -0.1) is 0 Å². The van der Waals surface area contributed by atoms with Crippen molar-refractivity contribution >= 4 is 45.1 Å². The largest absolute Gasteiger partial charge is 0.490 e. The SMILES string of the molecule is CCc1ccc(OCC(=O)NNC(=S)NC(=O)c2ccccc2OCCOc2ccccc2)c(Br)c1. The van der Waals surface area contributed by atoms with Crippen molar-refractivity contribution in [2.75, 3.05) is 19.8 Å². The molecule has 0 aromatic heterocycles. The first-order valence-corrected chi connectivity index (χ1v) is 12.4. The van der Waals surface area contributed by atoms with Gasteiger partial charge in [-0.25, -0.2) is 0 Å². The number of hydrogen-bond acceptors (Lipinski definition) is 6. The fourth-order valence-corrected chi connectivity index (χ4v) is 3.68. The van der Waals surface area contributed by atoms with Crippen LogP contribution >= 0.6 is 28.1 Å². The van der Waals surface area contributed by atoms with Gasteiger partial charge in [-0.05, 0) is 76.5 Å². The second-order valence-corrected chi connectivity index (χ2v) is 8.63. The molecule has 0 fully saturated rings. The molecule has 3 N–H and O–H groups in total. The highest BCUT2D eigenvalue weighted by molar-refractivity contribution is 9.10. The molecular weight excluding hydrogens is 546 g/mol. The van der Waals surface area contributed by atoms with Gasteiger partial charge in [0.1, 0.15) is 30.5 Å². The number of aryl methyl sites for hydroxylation is 1. The van der Waals surface area contributed by atoms with Gasteiger partial charge in [0.15, 0.2) is 11.7 Å². The molecule has 0 saturated carbocycles. The van der Waals surface area contributed by atoms with E-state index in [4.69, 9.17) is 26.4 Å². The molecule has 3 rings (SSSR count). The van der Waals surface area contributed by atoms with Crippen LogP contribution in [0.15, 0.2) is 77.3 Å². The average molecular weight is 572 g/mol. The molecule has 0 aliphatic rings. The fraction of sp³-hybridized carbons (Fsp3) is 0.192. The minimum absolute atomic E-state index is 0.0796. The zero-order chi connectivity index (χ0) is 25.8. The summed E-state index contributed by atoms with van der Waals surface area (Å²) in [5.74, 6) is 0.700. The van der Waals surface area contributed by atoms with Crippen molar-refractivity contribution in [1.82, 2.24) is 16.2 Å². The number of carbonyl (C=O) groups is 2. The van der Waals surface area contributed by atoms with Crippen LogP contribution in [0.25, 0.3) is 0 Å². The molecular formula is C26H26BrN3O5S. The van der Waals surface area contributed by atoms with Gasteiger partial charge in [-0.2, -0.15) is 0 Å². The standard InChI is InChI=1S/C26H26BrN3O5S/c1-2-18-12-13-23(21(27)16-18)35-17-24(31)29-30-26(36)28-25(32)20-10-6-7-11-22(20)34-15-14-33-19-8-4-3-5-9-19/h3-13,16H,2,14-15,17H2,1H3,(H,29,31)(H2,28,30,32,36). The summed E-state index contributed by atoms with van der Waals surface area (Å²) < 4.78 is 17.6. The average Bonchev–Trinajstić information content (AvgIpc) is 2.90. The number of benzene rings is 3. The summed E-state index contributed by atoms with van der Waals surface area (Å²) in [7, 11) is 0. The molecule has 2 amide bonds. The number of halogens is 1. The lowest BCUT2D eigenvalue weighted by Gasteiger charge is -2.14. The molecule has 3 aromatic carbocycles. The summed E-state index contributed by atoms with van der Waals surface area (Å²) in [5, 5.41) is 2.43. The van der Waals surface area contributed by atoms with Gasteiger partial charge in [-0.3, -0.25) is 25.8 Å². The Morgan fingerprint density at radius 2 is 1.58 bits per heavy atom. The Morgan fingerprint density at radius 1 is 0.861 bits per heavy atom. The van der Waals surface area contributed by atoms with Crippen LogP contribution in [0.2, 0.25) is 0 Å². The fourth-order valence-electron chi connectivity index (χ4n) is 3.00. The molecule has 10 heteroatoms. The lowest BCUT2D eigenvalue weighted by molar-refractivity contribution is -0.123. The van der Waals surface area contributed by atoms with Crippen LogP contribution in [0, 0.1) is 0 Å². The summed E-state index contributed by atoms with van der Waals surface area (Å²) in [6.07, 6.45) is 0.895. The Balaban J connectivity index is 1.42. The van der Waals surface area contributed by atoms with E-state index in [-0.39, 0.29) is 23.9 Å². The number of rotatable bonds is 10. The van der Waals surface area contributed by atoms with Gasteiger partial charge >= 0.3 is 0 Å². The van der Waals surface area contributed by atoms with E-state index < -0.39 is 11.8 Å². The van der Waals surface area contributed by atoms with Gasteiger partial charge in [0, 0.05) is 0 Å². The van der Waals surface area contributed by atoms with Crippen molar-refractivity contribution in [3.8, 4) is 17.2 Å². The maximum atomic E-state index is 12.7. The molecule has 0 aliphatic carbocycles. The molecule has 0 unspecified atom stereocenters. The second kappa shape index (κ2) is 14.1. The third kappa shape index (κ3) is 8.54. The van der Waals surface area contributed by atoms with Crippen LogP contribution < -0.4 is 30.4 Å². The topological polar surface area (TPSA) is 97.9 Å². The van der Waals surface area contributed by atoms with Crippen molar-refractivity contribution in [2.45, 2.75) is 13.3 Å². The summed E-state index contributed by atoms with van der Waals surface area (Å²) in [6.45, 7) is 2.37. The van der Waals surface area contributed by atoms with E-state index in [1.807, 2.05) is 42.5 Å². The van der Waals surface area contributed by atoms with Crippen molar-refractivity contribution in [2.24, 2.45) is 0 Å². The normalized spacial score (nSPS) is 10.2. The van der Waals surface area contributed by atoms with Gasteiger partial charge in [0.2, 0.25) is 0 Å². The summed E-state index contributed by atoms with van der Waals surface area (Å²) >= 11 is 8.54. The maximum Gasteiger partial charge on any atom is 0.276 e. The maximum absolute atomic E-state index is 12.7. The van der Waals surface area contributed by atoms with Gasteiger partial charge in [-0.1, -0.05) is 43.3 Å². The van der Waals surface area contributed by atoms with E-state index in [2.05, 4.69) is 39.0 Å². The highest BCUT2D eigenvalue weighted by Crippen LogP contribution is 2.26. The third-order valence-electron chi connectivity index (χ3n) is 4.79. The van der Waals surface area contributed by atoms with Crippen LogP contribution in [0.3, 0.4) is 0 Å². The number of carbonyl (C=O) groups excluding carboxylic acids is 2. The molecule has 0 radical (unpaired) electrons. The van der Waals surface area contributed by atoms with Crippen molar-refractivity contribution < 1.29 is 23.8 Å². The molecule has 0 heterocycles. The van der Waals surface area contributed by atoms with Crippen molar-refractivity contribution in [3.05, 3.63) is 88.4 Å². The number of hydrogen-bond donors (Lipinski definition) is 3. The molecule has 0 bridgehead atoms. The molecule has 0 saturated heterocycles. The Morgan fingerprint density at radius 3 is 2.33 bits per heavy atom. The van der Waals surface area contributed by atoms with E-state index in [1.54, 1.807) is 30.3 Å². The molecule has 3 aromatic rings. The van der Waals surface area contributed by atoms with Crippen LogP contribution in [-0.4, -0.2) is 36.7 Å². The monoisotopic (exact) mass is 571 g/mol. The highest BCUT2D eigenvalue weighted by atomic mass is 79.9. The minimum Gasteiger partial charge on any atom is -0.490 e. The van der Waals surface area contributed by atoms with Crippen LogP contribution in [0.4, 0.5) is 0 Å². The van der Waals surface area contributed by atoms with Crippen LogP contribution in [0.1, 0.15) is 22.8 Å². The molecule has 0 aliphatic heterocycles. The van der Waals surface area contributed by atoms with E-state index in [1.165, 1.54) is 0 Å². The Labute approximate surface area is 223 Å². The zero-order valence-corrected chi connectivity index (χ0v) is 22.0. The Bertz CT molecular complexity index is 1190. The molecule has 8 nitrogen and oxygen atoms in total. The lowest BCUT2D eigenvalue weighted by Crippen LogP contribution is -2.49. The van der Waals surface area contributed by atoms with E-state index in [0.29, 0.717) is 18.1 Å². The summed E-state index contributed by atoms with van der Waals surface area (Å²) in [6, 6.07) is 21.8. The first kappa shape index (κ1) is 27.0. The third-order valence-corrected chi connectivity index (χ3v) is 5.61. The summed E-state index contributed by atoms with van der Waals surface area (Å²) in [5.41, 5.74) is 6.32. The number of para-hydroxylation sites is 2. The minimum atomic E-state index is -0.488. The van der Waals surface area contributed by atoms with Crippen molar-refractivity contribution in [3.63, 3.8) is 0 Å². The number of hydrazine groups is 1. The molecule has 0 spiro atoms. The quantitative estimate of drug-likeness (QED) is 0.191. The predicted molar refractivity (Wildman–Crippen MR) is 144 cm³/mol. The smallest absolute Gasteiger partial charge is 0.276 e. The second-order valence-electron chi connectivity index (χ2n) is 7.37. The molecule has 188 valence electrons. The number of thiocarbonyl (C=S) groups is 1. The van der Waals surface area contributed by atoms with Gasteiger partial charge in [0.05, 0.1) is 10.0 Å². The van der Waals surface area contributed by atoms with Gasteiger partial charge < -0.3 is 14.2 Å². The first-order valence-electron chi connectivity index (χ1n) is 11.2. The Hall–Kier alpha value is -3.63. The lowest BCUT2D eigenvalue weighted by atomic mass is 10.2. The first-order chi connectivity index (χ1) is 17.5. The van der Waals surface area contributed by atoms with E-state index >= 15 is 0 Å². The highest BCUT2D eigenvalue weighted by Gasteiger charge is 2.14. The number of amides is 2. The van der Waals surface area contributed by atoms with Crippen LogP contribution in [0.5, 0.6) is 17.2 Å². The van der Waals surface area contributed by atoms with Gasteiger partial charge in [0.25, 0.3) is 11.8 Å². The Kier molecular flexibility index (Phi) is 10.5. The van der Waals surface area contributed by atoms with Crippen molar-refractivity contribution in [1.29, 1.82) is 0 Å². The van der Waals surface area contributed by atoms with Crippen LogP contribution in [-0.2, 0) is 11.2 Å². The zero-order valence-electron chi connectivity index (χ0n) is 19.6. The number of nitrogens with one attached hydrogen (secondary N) is 3. The predicted octanol–water partition coefficient (Wildman–Crippen LogP) is 4.18.